The van der Waals surface area contributed by atoms with Crippen LogP contribution in [-0.4, -0.2) is 58.6 Å². The summed E-state index contributed by atoms with van der Waals surface area (Å²) < 4.78 is 20.5. The second-order valence-electron chi connectivity index (χ2n) is 8.22. The lowest BCUT2D eigenvalue weighted by molar-refractivity contribution is -0.155. The second-order valence-corrected chi connectivity index (χ2v) is 8.22. The number of aliphatic hydroxyl groups is 1. The van der Waals surface area contributed by atoms with E-state index in [1.807, 2.05) is 6.92 Å². The van der Waals surface area contributed by atoms with Crippen molar-refractivity contribution < 1.29 is 43.9 Å². The monoisotopic (exact) mass is 548 g/mol. The summed E-state index contributed by atoms with van der Waals surface area (Å²) in [5.41, 5.74) is -0.419. The first-order chi connectivity index (χ1) is 19.1. The fourth-order valence-electron chi connectivity index (χ4n) is 3.60. The van der Waals surface area contributed by atoms with Crippen molar-refractivity contribution in [1.82, 2.24) is 9.97 Å². The molecule has 0 fully saturated rings. The van der Waals surface area contributed by atoms with Gasteiger partial charge in [0.05, 0.1) is 27.4 Å². The zero-order valence-corrected chi connectivity index (χ0v) is 22.2. The molecule has 0 amide bonds. The van der Waals surface area contributed by atoms with Gasteiger partial charge in [0.15, 0.2) is 0 Å². The quantitative estimate of drug-likeness (QED) is 0.274. The third kappa shape index (κ3) is 6.63. The third-order valence-corrected chi connectivity index (χ3v) is 5.67. The molecule has 11 nitrogen and oxygen atoms in total. The summed E-state index contributed by atoms with van der Waals surface area (Å²) in [5, 5.41) is 29.2. The normalized spacial score (nSPS) is 11.7. The van der Waals surface area contributed by atoms with Crippen molar-refractivity contribution in [2.45, 2.75) is 12.5 Å². The molecule has 0 radical (unpaired) electrons. The highest BCUT2D eigenvalue weighted by Crippen LogP contribution is 2.32. The molecule has 0 saturated heterocycles. The van der Waals surface area contributed by atoms with Crippen LogP contribution in [0.4, 0.5) is 0 Å². The number of aromatic carboxylic acids is 1. The highest BCUT2D eigenvalue weighted by Gasteiger charge is 2.39. The minimum atomic E-state index is -2.01. The van der Waals surface area contributed by atoms with Gasteiger partial charge >= 0.3 is 17.9 Å². The van der Waals surface area contributed by atoms with Crippen LogP contribution < -0.4 is 18.9 Å². The molecule has 208 valence electrons. The largest absolute Gasteiger partial charge is 0.496 e. The fraction of sp³-hybridized carbons (Fsp3) is 0.172. The Labute approximate surface area is 230 Å². The van der Waals surface area contributed by atoms with Crippen molar-refractivity contribution in [3.8, 4) is 29.3 Å². The Morgan fingerprint density at radius 2 is 1.27 bits per heavy atom. The van der Waals surface area contributed by atoms with Gasteiger partial charge < -0.3 is 34.3 Å². The molecular formula is C29H28N2O9. The predicted octanol–water partition coefficient (Wildman–Crippen LogP) is 4.31. The Bertz CT molecular complexity index is 1440. The molecule has 1 unspecified atom stereocenters. The van der Waals surface area contributed by atoms with E-state index < -0.39 is 17.5 Å². The van der Waals surface area contributed by atoms with Crippen molar-refractivity contribution in [2.75, 3.05) is 21.3 Å². The standard InChI is InChI=1S/C15H14O3.C14H14N2O6/c1-11-7-9-13(10-8-11)15(18,14(16)17)12-5-3-2-4-6-12;1-19-8-5-4-6-9(12(8)13(17)18)22-14-15-10(20-2)7-11(16-14)21-3/h2-10,18H,1H3,(H,16,17);4-7H,1-3H3,(H,17,18). The predicted molar refractivity (Wildman–Crippen MR) is 143 cm³/mol. The van der Waals surface area contributed by atoms with E-state index in [9.17, 15) is 24.9 Å². The number of carbonyl (C=O) groups is 2. The number of aliphatic carboxylic acids is 1. The molecule has 0 aliphatic heterocycles. The molecule has 0 aliphatic carbocycles. The zero-order valence-electron chi connectivity index (χ0n) is 22.2. The van der Waals surface area contributed by atoms with Crippen LogP contribution in [0.25, 0.3) is 0 Å². The minimum absolute atomic E-state index is 0.0437. The second kappa shape index (κ2) is 13.1. The maximum Gasteiger partial charge on any atom is 0.345 e. The number of hydrogen-bond donors (Lipinski definition) is 3. The molecule has 1 heterocycles. The average Bonchev–Trinajstić information content (AvgIpc) is 2.97. The van der Waals surface area contributed by atoms with Gasteiger partial charge in [-0.2, -0.15) is 9.97 Å². The number of nitrogens with zero attached hydrogens (tertiary/aromatic N) is 2. The molecule has 1 aromatic heterocycles. The van der Waals surface area contributed by atoms with Gasteiger partial charge in [0.2, 0.25) is 17.4 Å². The molecule has 0 aliphatic rings. The maximum absolute atomic E-state index is 11.5. The number of hydrogen-bond acceptors (Lipinski definition) is 9. The van der Waals surface area contributed by atoms with Crippen molar-refractivity contribution in [3.63, 3.8) is 0 Å². The number of benzene rings is 3. The minimum Gasteiger partial charge on any atom is -0.496 e. The Morgan fingerprint density at radius 3 is 1.77 bits per heavy atom. The summed E-state index contributed by atoms with van der Waals surface area (Å²) in [7, 11) is 4.23. The molecule has 3 N–H and O–H groups in total. The van der Waals surface area contributed by atoms with Crippen LogP contribution in [0, 0.1) is 6.92 Å². The Hall–Kier alpha value is -5.16. The molecule has 0 spiro atoms. The summed E-state index contributed by atoms with van der Waals surface area (Å²) in [6.45, 7) is 1.91. The van der Waals surface area contributed by atoms with E-state index in [2.05, 4.69) is 9.97 Å². The fourth-order valence-corrected chi connectivity index (χ4v) is 3.60. The number of rotatable bonds is 9. The first-order valence-corrected chi connectivity index (χ1v) is 11.8. The number of methoxy groups -OCH3 is 3. The van der Waals surface area contributed by atoms with Crippen LogP contribution in [0.3, 0.4) is 0 Å². The number of carboxylic acid groups (broad SMARTS) is 2. The molecule has 4 rings (SSSR count). The summed E-state index contributed by atoms with van der Waals surface area (Å²) >= 11 is 0. The molecule has 11 heteroatoms. The van der Waals surface area contributed by atoms with Gasteiger partial charge in [0.25, 0.3) is 0 Å². The molecule has 3 aromatic carbocycles. The molecule has 40 heavy (non-hydrogen) atoms. The molecule has 4 aromatic rings. The zero-order chi connectivity index (χ0) is 29.3. The number of aromatic nitrogens is 2. The van der Waals surface area contributed by atoms with Crippen LogP contribution in [0.2, 0.25) is 0 Å². The van der Waals surface area contributed by atoms with Crippen LogP contribution in [-0.2, 0) is 10.4 Å². The summed E-state index contributed by atoms with van der Waals surface area (Å²) in [6, 6.07) is 21.2. The highest BCUT2D eigenvalue weighted by atomic mass is 16.5. The van der Waals surface area contributed by atoms with E-state index in [0.717, 1.165) is 5.56 Å². The Balaban J connectivity index is 0.000000225. The van der Waals surface area contributed by atoms with E-state index in [1.165, 1.54) is 39.5 Å². The van der Waals surface area contributed by atoms with Crippen molar-refractivity contribution in [3.05, 3.63) is 101 Å². The van der Waals surface area contributed by atoms with Crippen LogP contribution in [0.5, 0.6) is 29.3 Å². The van der Waals surface area contributed by atoms with E-state index >= 15 is 0 Å². The van der Waals surface area contributed by atoms with Gasteiger partial charge in [0, 0.05) is 0 Å². The van der Waals surface area contributed by atoms with Gasteiger partial charge in [0.1, 0.15) is 17.1 Å². The molecular weight excluding hydrogens is 520 g/mol. The van der Waals surface area contributed by atoms with Gasteiger partial charge in [-0.25, -0.2) is 9.59 Å². The SMILES string of the molecule is COc1cc(OC)nc(Oc2cccc(OC)c2C(=O)O)n1.Cc1ccc(C(O)(C(=O)O)c2ccccc2)cc1. The lowest BCUT2D eigenvalue weighted by atomic mass is 9.86. The van der Waals surface area contributed by atoms with E-state index in [1.54, 1.807) is 60.7 Å². The lowest BCUT2D eigenvalue weighted by Gasteiger charge is -2.24. The number of ether oxygens (including phenoxy) is 4. The molecule has 0 bridgehead atoms. The van der Waals surface area contributed by atoms with Gasteiger partial charge in [-0.1, -0.05) is 66.2 Å². The smallest absolute Gasteiger partial charge is 0.345 e. The Morgan fingerprint density at radius 1 is 0.725 bits per heavy atom. The van der Waals surface area contributed by atoms with Crippen LogP contribution in [0.15, 0.2) is 78.9 Å². The summed E-state index contributed by atoms with van der Waals surface area (Å²) in [6.07, 6.45) is 0. The van der Waals surface area contributed by atoms with Gasteiger partial charge in [-0.05, 0) is 30.2 Å². The summed E-state index contributed by atoms with van der Waals surface area (Å²) in [5.74, 6) is -1.81. The highest BCUT2D eigenvalue weighted by molar-refractivity contribution is 5.94. The summed E-state index contributed by atoms with van der Waals surface area (Å²) in [4.78, 5) is 30.8. The maximum atomic E-state index is 11.5. The van der Waals surface area contributed by atoms with Crippen molar-refractivity contribution in [1.29, 1.82) is 0 Å². The Kier molecular flexibility index (Phi) is 9.61. The van der Waals surface area contributed by atoms with Crippen LogP contribution in [0.1, 0.15) is 27.0 Å². The topological polar surface area (TPSA) is 158 Å². The number of aryl methyl sites for hydroxylation is 1. The van der Waals surface area contributed by atoms with Gasteiger partial charge in [-0.3, -0.25) is 0 Å². The molecule has 0 saturated carbocycles. The molecule has 1 atom stereocenters. The lowest BCUT2D eigenvalue weighted by Crippen LogP contribution is -2.36. The van der Waals surface area contributed by atoms with E-state index in [-0.39, 0.29) is 34.8 Å². The van der Waals surface area contributed by atoms with Crippen molar-refractivity contribution >= 4 is 11.9 Å². The third-order valence-electron chi connectivity index (χ3n) is 5.67. The van der Waals surface area contributed by atoms with E-state index in [0.29, 0.717) is 11.1 Å². The number of carboxylic acids is 2. The average molecular weight is 549 g/mol. The van der Waals surface area contributed by atoms with Gasteiger partial charge in [-0.15, -0.1) is 0 Å². The first-order valence-electron chi connectivity index (χ1n) is 11.8. The van der Waals surface area contributed by atoms with Crippen LogP contribution >= 0.6 is 0 Å². The first kappa shape index (κ1) is 29.4. The van der Waals surface area contributed by atoms with Crippen molar-refractivity contribution in [2.24, 2.45) is 0 Å². The van der Waals surface area contributed by atoms with E-state index in [4.69, 9.17) is 18.9 Å².